The second kappa shape index (κ2) is 7.45. The first-order valence-electron chi connectivity index (χ1n) is 8.96. The summed E-state index contributed by atoms with van der Waals surface area (Å²) < 4.78 is 10.2. The Morgan fingerprint density at radius 3 is 3.04 bits per heavy atom. The van der Waals surface area contributed by atoms with Crippen LogP contribution in [0.15, 0.2) is 0 Å². The van der Waals surface area contributed by atoms with Crippen LogP contribution in [0.5, 0.6) is 0 Å². The van der Waals surface area contributed by atoms with Gasteiger partial charge in [0.05, 0.1) is 18.3 Å². The molecule has 6 nitrogen and oxygen atoms in total. The molecule has 1 amide bonds. The molecule has 1 aromatic rings. The number of nitrogens with one attached hydrogen (secondary N) is 1. The molecule has 0 radical (unpaired) electrons. The molecule has 0 unspecified atom stereocenters. The zero-order valence-electron chi connectivity index (χ0n) is 14.9. The molecule has 2 atom stereocenters. The van der Waals surface area contributed by atoms with Crippen LogP contribution in [0.2, 0.25) is 0 Å². The number of carbonyl (C=O) groups excluding carboxylic acids is 1. The SMILES string of the molecule is Cc1nnsc1C(=O)N[C@H]1CCCC[C@@]12CN(CC(C)C)CCO2. The Labute approximate surface area is 148 Å². The fraction of sp³-hybridized carbons (Fsp3) is 0.824. The van der Waals surface area contributed by atoms with Gasteiger partial charge in [-0.3, -0.25) is 9.69 Å². The van der Waals surface area contributed by atoms with Gasteiger partial charge in [-0.1, -0.05) is 31.2 Å². The lowest BCUT2D eigenvalue weighted by Gasteiger charge is -2.50. The fourth-order valence-electron chi connectivity index (χ4n) is 3.99. The smallest absolute Gasteiger partial charge is 0.265 e. The summed E-state index contributed by atoms with van der Waals surface area (Å²) in [6, 6.07) is 0.0650. The Kier molecular flexibility index (Phi) is 5.52. The first-order valence-corrected chi connectivity index (χ1v) is 9.73. The van der Waals surface area contributed by atoms with E-state index in [2.05, 4.69) is 33.7 Å². The molecule has 1 N–H and O–H groups in total. The Bertz CT molecular complexity index is 573. The molecule has 3 rings (SSSR count). The maximum atomic E-state index is 12.6. The van der Waals surface area contributed by atoms with Crippen molar-refractivity contribution in [2.45, 2.75) is 58.1 Å². The summed E-state index contributed by atoms with van der Waals surface area (Å²) in [7, 11) is 0. The molecule has 1 saturated heterocycles. The number of hydrogen-bond donors (Lipinski definition) is 1. The molecule has 134 valence electrons. The summed E-state index contributed by atoms with van der Waals surface area (Å²) >= 11 is 1.17. The van der Waals surface area contributed by atoms with E-state index in [9.17, 15) is 4.79 Å². The van der Waals surface area contributed by atoms with Crippen molar-refractivity contribution in [2.24, 2.45) is 5.92 Å². The van der Waals surface area contributed by atoms with E-state index in [1.807, 2.05) is 6.92 Å². The molecule has 0 aromatic carbocycles. The van der Waals surface area contributed by atoms with Gasteiger partial charge in [0.2, 0.25) is 0 Å². The highest BCUT2D eigenvalue weighted by Gasteiger charge is 2.46. The predicted octanol–water partition coefficient (Wildman–Crippen LogP) is 2.25. The number of carbonyl (C=O) groups is 1. The standard InChI is InChI=1S/C17H28N4O2S/c1-12(2)10-21-8-9-23-17(11-21)7-5-4-6-14(17)18-16(22)15-13(3)19-20-24-15/h12,14H,4-11H2,1-3H3,(H,18,22)/t14-,17+/m0/s1. The highest BCUT2D eigenvalue weighted by molar-refractivity contribution is 7.08. The van der Waals surface area contributed by atoms with E-state index in [4.69, 9.17) is 4.74 Å². The maximum absolute atomic E-state index is 12.6. The maximum Gasteiger partial charge on any atom is 0.265 e. The van der Waals surface area contributed by atoms with Gasteiger partial charge < -0.3 is 10.1 Å². The van der Waals surface area contributed by atoms with Gasteiger partial charge in [0.15, 0.2) is 0 Å². The molecule has 24 heavy (non-hydrogen) atoms. The molecule has 7 heteroatoms. The molecule has 2 heterocycles. The van der Waals surface area contributed by atoms with Gasteiger partial charge in [0.25, 0.3) is 5.91 Å². The molecule has 0 bridgehead atoms. The molecule has 1 spiro atoms. The van der Waals surface area contributed by atoms with E-state index in [1.165, 1.54) is 18.0 Å². The molecule has 1 aliphatic carbocycles. The number of aromatic nitrogens is 2. The Morgan fingerprint density at radius 2 is 2.33 bits per heavy atom. The van der Waals surface area contributed by atoms with Crippen LogP contribution in [0.25, 0.3) is 0 Å². The van der Waals surface area contributed by atoms with E-state index >= 15 is 0 Å². The van der Waals surface area contributed by atoms with Crippen LogP contribution in [-0.2, 0) is 4.74 Å². The molecular formula is C17H28N4O2S. The third kappa shape index (κ3) is 3.78. The lowest BCUT2D eigenvalue weighted by Crippen LogP contribution is -2.64. The third-order valence-corrected chi connectivity index (χ3v) is 5.88. The summed E-state index contributed by atoms with van der Waals surface area (Å²) in [5.74, 6) is 0.584. The summed E-state index contributed by atoms with van der Waals surface area (Å²) in [6.07, 6.45) is 4.31. The van der Waals surface area contributed by atoms with Gasteiger partial charge >= 0.3 is 0 Å². The summed E-state index contributed by atoms with van der Waals surface area (Å²) in [4.78, 5) is 15.7. The van der Waals surface area contributed by atoms with E-state index < -0.39 is 0 Å². The van der Waals surface area contributed by atoms with Crippen molar-refractivity contribution in [3.05, 3.63) is 10.6 Å². The lowest BCUT2D eigenvalue weighted by molar-refractivity contribution is -0.142. The summed E-state index contributed by atoms with van der Waals surface area (Å²) in [5.41, 5.74) is 0.459. The van der Waals surface area contributed by atoms with E-state index in [0.717, 1.165) is 45.5 Å². The molecule has 2 aliphatic rings. The molecule has 1 aliphatic heterocycles. The minimum atomic E-state index is -0.243. The summed E-state index contributed by atoms with van der Waals surface area (Å²) in [5, 5.41) is 7.18. The van der Waals surface area contributed by atoms with Crippen molar-refractivity contribution in [3.8, 4) is 0 Å². The highest BCUT2D eigenvalue weighted by Crippen LogP contribution is 2.35. The van der Waals surface area contributed by atoms with Crippen LogP contribution in [0, 0.1) is 12.8 Å². The van der Waals surface area contributed by atoms with Crippen molar-refractivity contribution in [2.75, 3.05) is 26.2 Å². The number of morpholine rings is 1. The quantitative estimate of drug-likeness (QED) is 0.900. The second-order valence-electron chi connectivity index (χ2n) is 7.50. The van der Waals surface area contributed by atoms with E-state index in [0.29, 0.717) is 16.5 Å². The molecule has 2 fully saturated rings. The Balaban J connectivity index is 1.73. The minimum absolute atomic E-state index is 0.0571. The van der Waals surface area contributed by atoms with Crippen LogP contribution in [0.1, 0.15) is 54.9 Å². The van der Waals surface area contributed by atoms with Crippen LogP contribution in [0.3, 0.4) is 0 Å². The number of hydrogen-bond acceptors (Lipinski definition) is 6. The average molecular weight is 353 g/mol. The van der Waals surface area contributed by atoms with Crippen LogP contribution < -0.4 is 5.32 Å². The zero-order valence-corrected chi connectivity index (χ0v) is 15.7. The minimum Gasteiger partial charge on any atom is -0.370 e. The summed E-state index contributed by atoms with van der Waals surface area (Å²) in [6.45, 7) is 10.1. The van der Waals surface area contributed by atoms with Gasteiger partial charge in [-0.25, -0.2) is 0 Å². The van der Waals surface area contributed by atoms with Crippen LogP contribution in [0.4, 0.5) is 0 Å². The van der Waals surface area contributed by atoms with Gasteiger partial charge in [-0.15, -0.1) is 5.10 Å². The van der Waals surface area contributed by atoms with E-state index in [-0.39, 0.29) is 17.6 Å². The number of aryl methyl sites for hydroxylation is 1. The van der Waals surface area contributed by atoms with Gasteiger partial charge in [-0.2, -0.15) is 0 Å². The van der Waals surface area contributed by atoms with Crippen molar-refractivity contribution in [1.29, 1.82) is 0 Å². The fourth-order valence-corrected chi connectivity index (χ4v) is 4.55. The zero-order chi connectivity index (χ0) is 17.2. The number of amides is 1. The van der Waals surface area contributed by atoms with Crippen LogP contribution in [-0.4, -0.2) is 58.3 Å². The Morgan fingerprint density at radius 1 is 1.50 bits per heavy atom. The highest BCUT2D eigenvalue weighted by atomic mass is 32.1. The number of nitrogens with zero attached hydrogens (tertiary/aromatic N) is 3. The lowest BCUT2D eigenvalue weighted by atomic mass is 9.78. The number of ether oxygens (including phenoxy) is 1. The molecule has 1 saturated carbocycles. The van der Waals surface area contributed by atoms with E-state index in [1.54, 1.807) is 0 Å². The second-order valence-corrected chi connectivity index (χ2v) is 8.26. The molecule has 1 aromatic heterocycles. The van der Waals surface area contributed by atoms with Gasteiger partial charge in [0.1, 0.15) is 10.5 Å². The van der Waals surface area contributed by atoms with Crippen LogP contribution >= 0.6 is 11.5 Å². The topological polar surface area (TPSA) is 67.4 Å². The van der Waals surface area contributed by atoms with Crippen molar-refractivity contribution >= 4 is 17.4 Å². The number of rotatable bonds is 4. The third-order valence-electron chi connectivity index (χ3n) is 5.05. The van der Waals surface area contributed by atoms with Crippen molar-refractivity contribution in [3.63, 3.8) is 0 Å². The monoisotopic (exact) mass is 352 g/mol. The average Bonchev–Trinajstić information content (AvgIpc) is 2.95. The largest absolute Gasteiger partial charge is 0.370 e. The normalized spacial score (nSPS) is 28.4. The van der Waals surface area contributed by atoms with Crippen molar-refractivity contribution < 1.29 is 9.53 Å². The Hall–Kier alpha value is -1.05. The van der Waals surface area contributed by atoms with Crippen molar-refractivity contribution in [1.82, 2.24) is 19.8 Å². The molecular weight excluding hydrogens is 324 g/mol. The first-order chi connectivity index (χ1) is 11.5. The predicted molar refractivity (Wildman–Crippen MR) is 94.3 cm³/mol. The van der Waals surface area contributed by atoms with Gasteiger partial charge in [0, 0.05) is 19.6 Å². The van der Waals surface area contributed by atoms with Gasteiger partial charge in [-0.05, 0) is 37.2 Å². The first kappa shape index (κ1) is 17.8.